The van der Waals surface area contributed by atoms with E-state index in [9.17, 15) is 13.2 Å². The molecule has 3 aromatic rings. The van der Waals surface area contributed by atoms with Crippen molar-refractivity contribution in [2.45, 2.75) is 36.6 Å². The normalized spacial score (nSPS) is 12.3. The molecule has 0 bridgehead atoms. The maximum absolute atomic E-state index is 13.0. The van der Waals surface area contributed by atoms with E-state index in [1.807, 2.05) is 54.6 Å². The number of esters is 1. The molecule has 0 heterocycles. The molecule has 1 atom stereocenters. The molecule has 0 aliphatic rings. The maximum Gasteiger partial charge on any atom is 0.305 e. The minimum atomic E-state index is -3.76. The van der Waals surface area contributed by atoms with Gasteiger partial charge in [0.25, 0.3) is 0 Å². The van der Waals surface area contributed by atoms with Crippen molar-refractivity contribution in [1.29, 1.82) is 0 Å². The van der Waals surface area contributed by atoms with Crippen LogP contribution < -0.4 is 4.72 Å². The summed E-state index contributed by atoms with van der Waals surface area (Å²) in [5.41, 5.74) is 2.81. The quantitative estimate of drug-likeness (QED) is 0.322. The van der Waals surface area contributed by atoms with Crippen LogP contribution in [0.15, 0.2) is 83.8 Å². The molecule has 0 aromatic heterocycles. The highest BCUT2D eigenvalue weighted by molar-refractivity contribution is 7.89. The van der Waals surface area contributed by atoms with Gasteiger partial charge in [0.05, 0.1) is 18.0 Å². The summed E-state index contributed by atoms with van der Waals surface area (Å²) in [6.45, 7) is 0. The predicted octanol–water partition coefficient (Wildman–Crippen LogP) is 5.29. The van der Waals surface area contributed by atoms with Crippen LogP contribution in [-0.2, 0) is 26.0 Å². The lowest BCUT2D eigenvalue weighted by Gasteiger charge is -2.20. The van der Waals surface area contributed by atoms with E-state index >= 15 is 0 Å². The summed E-state index contributed by atoms with van der Waals surface area (Å²) < 4.78 is 33.6. The number of methoxy groups -OCH3 is 1. The van der Waals surface area contributed by atoms with Gasteiger partial charge in [0, 0.05) is 11.4 Å². The Morgan fingerprint density at radius 1 is 0.906 bits per heavy atom. The molecule has 0 aliphatic carbocycles. The number of benzene rings is 3. The number of hydrogen-bond donors (Lipinski definition) is 1. The zero-order chi connectivity index (χ0) is 23.0. The lowest BCUT2D eigenvalue weighted by atomic mass is 9.97. The minimum Gasteiger partial charge on any atom is -0.469 e. The zero-order valence-corrected chi connectivity index (χ0v) is 19.4. The third-order valence-corrected chi connectivity index (χ3v) is 6.86. The number of hydrogen-bond acceptors (Lipinski definition) is 4. The van der Waals surface area contributed by atoms with Gasteiger partial charge in [-0.05, 0) is 60.2 Å². The lowest BCUT2D eigenvalue weighted by Crippen LogP contribution is -2.29. The largest absolute Gasteiger partial charge is 0.469 e. The van der Waals surface area contributed by atoms with Gasteiger partial charge in [-0.2, -0.15) is 4.72 Å². The number of ether oxygens (including phenoxy) is 1. The van der Waals surface area contributed by atoms with Crippen LogP contribution in [0.1, 0.15) is 42.0 Å². The van der Waals surface area contributed by atoms with Crippen LogP contribution in [0.5, 0.6) is 0 Å². The maximum atomic E-state index is 13.0. The zero-order valence-electron chi connectivity index (χ0n) is 17.8. The lowest BCUT2D eigenvalue weighted by molar-refractivity contribution is -0.140. The van der Waals surface area contributed by atoms with Gasteiger partial charge in [0.15, 0.2) is 0 Å². The molecule has 0 spiro atoms. The van der Waals surface area contributed by atoms with Gasteiger partial charge in [0.1, 0.15) is 0 Å². The van der Waals surface area contributed by atoms with Crippen molar-refractivity contribution in [3.05, 3.63) is 101 Å². The number of carbonyl (C=O) groups excluding carboxylic acids is 1. The Bertz CT molecular complexity index is 1110. The first-order valence-electron chi connectivity index (χ1n) is 10.4. The Kier molecular flexibility index (Phi) is 8.45. The van der Waals surface area contributed by atoms with E-state index in [2.05, 4.69) is 9.46 Å². The van der Waals surface area contributed by atoms with Crippen molar-refractivity contribution in [2.24, 2.45) is 0 Å². The topological polar surface area (TPSA) is 72.5 Å². The molecular weight excluding hydrogens is 446 g/mol. The van der Waals surface area contributed by atoms with Crippen LogP contribution in [0, 0.1) is 0 Å². The molecular formula is C25H26ClNO4S. The summed E-state index contributed by atoms with van der Waals surface area (Å²) in [5.74, 6) is -0.195. The third kappa shape index (κ3) is 6.66. The molecule has 3 aromatic carbocycles. The van der Waals surface area contributed by atoms with Gasteiger partial charge in [-0.3, -0.25) is 4.79 Å². The number of halogens is 1. The summed E-state index contributed by atoms with van der Waals surface area (Å²) in [6.07, 6.45) is 2.89. The van der Waals surface area contributed by atoms with Crippen molar-refractivity contribution in [3.63, 3.8) is 0 Å². The second-order valence-corrected chi connectivity index (χ2v) is 9.59. The van der Waals surface area contributed by atoms with Crippen LogP contribution in [0.25, 0.3) is 0 Å². The minimum absolute atomic E-state index is 0.157. The Hall–Kier alpha value is -2.67. The fourth-order valence-corrected chi connectivity index (χ4v) is 4.73. The highest BCUT2D eigenvalue weighted by Gasteiger charge is 2.23. The van der Waals surface area contributed by atoms with Crippen molar-refractivity contribution in [3.8, 4) is 0 Å². The number of carbonyl (C=O) groups is 1. The molecule has 32 heavy (non-hydrogen) atoms. The molecule has 0 radical (unpaired) electrons. The van der Waals surface area contributed by atoms with Gasteiger partial charge in [-0.15, -0.1) is 0 Å². The second kappa shape index (κ2) is 11.3. The number of sulfonamides is 1. The molecule has 0 saturated carbocycles. The monoisotopic (exact) mass is 471 g/mol. The van der Waals surface area contributed by atoms with E-state index in [-0.39, 0.29) is 10.9 Å². The highest BCUT2D eigenvalue weighted by atomic mass is 35.5. The first-order valence-corrected chi connectivity index (χ1v) is 12.2. The fourth-order valence-electron chi connectivity index (χ4n) is 3.39. The fraction of sp³-hybridized carbons (Fsp3) is 0.240. The summed E-state index contributed by atoms with van der Waals surface area (Å²) in [4.78, 5) is 11.4. The number of unbranched alkanes of at least 4 members (excludes halogenated alkanes) is 1. The Morgan fingerprint density at radius 2 is 1.53 bits per heavy atom. The van der Waals surface area contributed by atoms with E-state index in [1.165, 1.54) is 19.2 Å². The van der Waals surface area contributed by atoms with Gasteiger partial charge >= 0.3 is 5.97 Å². The smallest absolute Gasteiger partial charge is 0.305 e. The molecule has 7 heteroatoms. The molecule has 0 fully saturated rings. The molecule has 3 rings (SSSR count). The van der Waals surface area contributed by atoms with Crippen molar-refractivity contribution in [1.82, 2.24) is 4.72 Å². The summed E-state index contributed by atoms with van der Waals surface area (Å²) >= 11 is 5.90. The van der Waals surface area contributed by atoms with Crippen molar-refractivity contribution < 1.29 is 17.9 Å². The molecule has 1 N–H and O–H groups in total. The first-order chi connectivity index (χ1) is 15.4. The number of rotatable bonds is 10. The average molecular weight is 472 g/mol. The standard InChI is InChI=1S/C25H26ClNO4S/c1-31-24(28)10-6-5-7-19-11-13-21(14-12-19)25(20-8-3-2-4-9-20)27-32(29,30)23-17-15-22(26)16-18-23/h2-4,8-9,11-18,25,27H,5-7,10H2,1H3. The Balaban J connectivity index is 1.78. The first kappa shape index (κ1) is 24.0. The molecule has 0 saturated heterocycles. The molecule has 168 valence electrons. The summed E-state index contributed by atoms with van der Waals surface area (Å²) in [5, 5.41) is 0.478. The Labute approximate surface area is 194 Å². The number of nitrogens with one attached hydrogen (secondary N) is 1. The van der Waals surface area contributed by atoms with Gasteiger partial charge in [-0.25, -0.2) is 8.42 Å². The van der Waals surface area contributed by atoms with Gasteiger partial charge in [-0.1, -0.05) is 66.2 Å². The molecule has 5 nitrogen and oxygen atoms in total. The number of aryl methyl sites for hydroxylation is 1. The van der Waals surface area contributed by atoms with Crippen LogP contribution in [-0.4, -0.2) is 21.5 Å². The molecule has 1 unspecified atom stereocenters. The highest BCUT2D eigenvalue weighted by Crippen LogP contribution is 2.26. The summed E-state index contributed by atoms with van der Waals surface area (Å²) in [6, 6.07) is 22.9. The predicted molar refractivity (Wildman–Crippen MR) is 126 cm³/mol. The van der Waals surface area contributed by atoms with E-state index in [0.717, 1.165) is 36.0 Å². The van der Waals surface area contributed by atoms with Crippen LogP contribution in [0.2, 0.25) is 5.02 Å². The molecule has 0 aliphatic heterocycles. The van der Waals surface area contributed by atoms with Crippen molar-refractivity contribution in [2.75, 3.05) is 7.11 Å². The van der Waals surface area contributed by atoms with E-state index in [0.29, 0.717) is 11.4 Å². The summed E-state index contributed by atoms with van der Waals surface area (Å²) in [7, 11) is -2.37. The van der Waals surface area contributed by atoms with E-state index < -0.39 is 16.1 Å². The van der Waals surface area contributed by atoms with Crippen LogP contribution in [0.3, 0.4) is 0 Å². The average Bonchev–Trinajstić information content (AvgIpc) is 2.81. The van der Waals surface area contributed by atoms with Gasteiger partial charge in [0.2, 0.25) is 10.0 Å². The Morgan fingerprint density at radius 3 is 2.16 bits per heavy atom. The third-order valence-electron chi connectivity index (χ3n) is 5.17. The second-order valence-electron chi connectivity index (χ2n) is 7.44. The van der Waals surface area contributed by atoms with Crippen molar-refractivity contribution >= 4 is 27.6 Å². The molecule has 0 amide bonds. The van der Waals surface area contributed by atoms with Gasteiger partial charge < -0.3 is 4.74 Å². The van der Waals surface area contributed by atoms with E-state index in [1.54, 1.807) is 12.1 Å². The van der Waals surface area contributed by atoms with E-state index in [4.69, 9.17) is 11.6 Å². The SMILES string of the molecule is COC(=O)CCCCc1ccc(C(NS(=O)(=O)c2ccc(Cl)cc2)c2ccccc2)cc1. The van der Waals surface area contributed by atoms with Crippen LogP contribution in [0.4, 0.5) is 0 Å². The van der Waals surface area contributed by atoms with Crippen LogP contribution >= 0.6 is 11.6 Å².